The zero-order valence-electron chi connectivity index (χ0n) is 17.0. The van der Waals surface area contributed by atoms with Crippen LogP contribution in [0.1, 0.15) is 65.2 Å². The third-order valence-corrected chi connectivity index (χ3v) is 9.10. The molecular weight excluding hydrogens is 304 g/mol. The van der Waals surface area contributed by atoms with Crippen LogP contribution in [0, 0.1) is 53.3 Å². The van der Waals surface area contributed by atoms with Crippen molar-refractivity contribution in [3.8, 4) is 0 Å². The second kappa shape index (κ2) is 7.89. The Morgan fingerprint density at radius 2 is 1.52 bits per heavy atom. The van der Waals surface area contributed by atoms with Crippen molar-refractivity contribution < 1.29 is 0 Å². The molecule has 0 aromatic carbocycles. The van der Waals surface area contributed by atoms with Crippen LogP contribution in [-0.2, 0) is 0 Å². The summed E-state index contributed by atoms with van der Waals surface area (Å²) in [4.78, 5) is 0. The average Bonchev–Trinajstić information content (AvgIpc) is 3.24. The Labute approximate surface area is 156 Å². The molecule has 4 saturated carbocycles. The fourth-order valence-electron chi connectivity index (χ4n) is 7.82. The third kappa shape index (κ3) is 3.68. The molecule has 7 unspecified atom stereocenters. The fraction of sp³-hybridized carbons (Fsp3) is 1.00. The van der Waals surface area contributed by atoms with Crippen molar-refractivity contribution in [1.29, 1.82) is 0 Å². The van der Waals surface area contributed by atoms with Crippen LogP contribution in [0.5, 0.6) is 0 Å². The van der Waals surface area contributed by atoms with E-state index in [9.17, 15) is 0 Å². The minimum Gasteiger partial charge on any atom is -0.319 e. The largest absolute Gasteiger partial charge is 0.319 e. The van der Waals surface area contributed by atoms with Crippen molar-refractivity contribution in [2.75, 3.05) is 26.7 Å². The smallest absolute Gasteiger partial charge is 0.00151 e. The standard InChI is InChI=1S/C23H42N2/c1-15-4-7-21-18(6-9-20(15)21)13-25-14-23-16(2)10-19-11-17(12-24-3)5-8-22(19)23/h15-25H,4-14H2,1-3H3/t15-,16+,17?,18?,19?,20?,21?,22?,23?/m0/s1. The van der Waals surface area contributed by atoms with Gasteiger partial charge in [-0.15, -0.1) is 0 Å². The number of rotatable bonds is 6. The highest BCUT2D eigenvalue weighted by molar-refractivity contribution is 4.96. The van der Waals surface area contributed by atoms with Gasteiger partial charge in [-0.1, -0.05) is 20.3 Å². The normalized spacial score (nSPS) is 49.3. The summed E-state index contributed by atoms with van der Waals surface area (Å²) >= 11 is 0. The first kappa shape index (κ1) is 18.3. The molecule has 0 aromatic heterocycles. The molecule has 0 saturated heterocycles. The van der Waals surface area contributed by atoms with E-state index in [-0.39, 0.29) is 0 Å². The lowest BCUT2D eigenvalue weighted by Crippen LogP contribution is -2.36. The van der Waals surface area contributed by atoms with Gasteiger partial charge in [0.15, 0.2) is 0 Å². The maximum Gasteiger partial charge on any atom is -0.00151 e. The monoisotopic (exact) mass is 346 g/mol. The number of fused-ring (bicyclic) bond motifs is 2. The molecule has 0 heterocycles. The van der Waals surface area contributed by atoms with Gasteiger partial charge in [0.2, 0.25) is 0 Å². The van der Waals surface area contributed by atoms with Gasteiger partial charge in [-0.3, -0.25) is 0 Å². The quantitative estimate of drug-likeness (QED) is 0.737. The summed E-state index contributed by atoms with van der Waals surface area (Å²) in [5, 5.41) is 7.40. The van der Waals surface area contributed by atoms with E-state index >= 15 is 0 Å². The lowest BCUT2D eigenvalue weighted by Gasteiger charge is -2.35. The van der Waals surface area contributed by atoms with Gasteiger partial charge in [0.1, 0.15) is 0 Å². The van der Waals surface area contributed by atoms with E-state index in [0.29, 0.717) is 0 Å². The Hall–Kier alpha value is -0.0800. The van der Waals surface area contributed by atoms with Crippen LogP contribution in [0.3, 0.4) is 0 Å². The Kier molecular flexibility index (Phi) is 5.77. The Balaban J connectivity index is 1.25. The lowest BCUT2D eigenvalue weighted by atomic mass is 9.73. The van der Waals surface area contributed by atoms with Gasteiger partial charge in [0.05, 0.1) is 0 Å². The molecular formula is C23H42N2. The molecule has 2 nitrogen and oxygen atoms in total. The molecule has 0 amide bonds. The van der Waals surface area contributed by atoms with Crippen LogP contribution < -0.4 is 10.6 Å². The summed E-state index contributed by atoms with van der Waals surface area (Å²) in [5.41, 5.74) is 0. The molecule has 4 aliphatic rings. The van der Waals surface area contributed by atoms with E-state index in [1.54, 1.807) is 0 Å². The van der Waals surface area contributed by atoms with Crippen LogP contribution in [0.15, 0.2) is 0 Å². The minimum atomic E-state index is 0.943. The topological polar surface area (TPSA) is 24.1 Å². The van der Waals surface area contributed by atoms with Crippen LogP contribution in [0.4, 0.5) is 0 Å². The Bertz CT molecular complexity index is 436. The van der Waals surface area contributed by atoms with Gasteiger partial charge < -0.3 is 10.6 Å². The van der Waals surface area contributed by atoms with E-state index < -0.39 is 0 Å². The highest BCUT2D eigenvalue weighted by atomic mass is 14.9. The van der Waals surface area contributed by atoms with Crippen LogP contribution in [0.2, 0.25) is 0 Å². The molecule has 0 bridgehead atoms. The molecule has 25 heavy (non-hydrogen) atoms. The second-order valence-corrected chi connectivity index (χ2v) is 10.4. The summed E-state index contributed by atoms with van der Waals surface area (Å²) in [6.45, 7) is 8.91. The van der Waals surface area contributed by atoms with E-state index in [1.165, 1.54) is 71.0 Å². The van der Waals surface area contributed by atoms with Gasteiger partial charge in [-0.25, -0.2) is 0 Å². The summed E-state index contributed by atoms with van der Waals surface area (Å²) in [6.07, 6.45) is 12.0. The minimum absolute atomic E-state index is 0.943. The fourth-order valence-corrected chi connectivity index (χ4v) is 7.82. The number of hydrogen-bond acceptors (Lipinski definition) is 2. The summed E-state index contributed by atoms with van der Waals surface area (Å²) in [7, 11) is 2.12. The van der Waals surface area contributed by atoms with Crippen LogP contribution in [-0.4, -0.2) is 26.7 Å². The summed E-state index contributed by atoms with van der Waals surface area (Å²) < 4.78 is 0. The molecule has 0 radical (unpaired) electrons. The Morgan fingerprint density at radius 1 is 0.720 bits per heavy atom. The predicted molar refractivity (Wildman–Crippen MR) is 106 cm³/mol. The number of nitrogens with one attached hydrogen (secondary N) is 2. The second-order valence-electron chi connectivity index (χ2n) is 10.4. The van der Waals surface area contributed by atoms with Crippen molar-refractivity contribution in [3.05, 3.63) is 0 Å². The predicted octanol–water partition coefficient (Wildman–Crippen LogP) is 4.56. The highest BCUT2D eigenvalue weighted by Crippen LogP contribution is 2.51. The van der Waals surface area contributed by atoms with Gasteiger partial charge >= 0.3 is 0 Å². The molecule has 144 valence electrons. The van der Waals surface area contributed by atoms with Crippen molar-refractivity contribution in [3.63, 3.8) is 0 Å². The highest BCUT2D eigenvalue weighted by Gasteiger charge is 2.45. The first-order valence-corrected chi connectivity index (χ1v) is 11.5. The van der Waals surface area contributed by atoms with E-state index in [1.807, 2.05) is 0 Å². The molecule has 4 fully saturated rings. The molecule has 4 aliphatic carbocycles. The first-order chi connectivity index (χ1) is 12.2. The van der Waals surface area contributed by atoms with Crippen molar-refractivity contribution >= 4 is 0 Å². The molecule has 4 rings (SSSR count). The molecule has 2 N–H and O–H groups in total. The Morgan fingerprint density at radius 3 is 2.36 bits per heavy atom. The lowest BCUT2D eigenvalue weighted by molar-refractivity contribution is 0.168. The van der Waals surface area contributed by atoms with Gasteiger partial charge in [-0.05, 0) is 125 Å². The molecule has 0 spiro atoms. The van der Waals surface area contributed by atoms with Crippen molar-refractivity contribution in [2.45, 2.75) is 65.2 Å². The van der Waals surface area contributed by atoms with Crippen molar-refractivity contribution in [2.24, 2.45) is 53.3 Å². The van der Waals surface area contributed by atoms with Gasteiger partial charge in [0, 0.05) is 0 Å². The first-order valence-electron chi connectivity index (χ1n) is 11.5. The van der Waals surface area contributed by atoms with Crippen molar-refractivity contribution in [1.82, 2.24) is 10.6 Å². The maximum atomic E-state index is 3.98. The zero-order chi connectivity index (χ0) is 17.4. The van der Waals surface area contributed by atoms with Gasteiger partial charge in [-0.2, -0.15) is 0 Å². The van der Waals surface area contributed by atoms with E-state index in [4.69, 9.17) is 0 Å². The van der Waals surface area contributed by atoms with E-state index in [0.717, 1.165) is 53.3 Å². The van der Waals surface area contributed by atoms with E-state index in [2.05, 4.69) is 31.5 Å². The third-order valence-electron chi connectivity index (χ3n) is 9.10. The summed E-state index contributed by atoms with van der Waals surface area (Å²) in [6, 6.07) is 0. The summed E-state index contributed by atoms with van der Waals surface area (Å²) in [5.74, 6) is 9.05. The molecule has 9 atom stereocenters. The number of hydrogen-bond donors (Lipinski definition) is 2. The molecule has 0 aliphatic heterocycles. The average molecular weight is 347 g/mol. The molecule has 0 aromatic rings. The van der Waals surface area contributed by atoms with Crippen LogP contribution >= 0.6 is 0 Å². The van der Waals surface area contributed by atoms with Crippen LogP contribution in [0.25, 0.3) is 0 Å². The maximum absolute atomic E-state index is 3.98. The molecule has 2 heteroatoms. The SMILES string of the molecule is CNCC1CCC2C(C1)C[C@@H](C)C2CNCC1CCC2C1CC[C@@H]2C. The zero-order valence-corrected chi connectivity index (χ0v) is 17.0. The van der Waals surface area contributed by atoms with Gasteiger partial charge in [0.25, 0.3) is 0 Å².